The number of halogens is 1. The maximum absolute atomic E-state index is 10.7. The van der Waals surface area contributed by atoms with E-state index in [0.29, 0.717) is 10.6 Å². The quantitative estimate of drug-likeness (QED) is 0.365. The summed E-state index contributed by atoms with van der Waals surface area (Å²) in [6.07, 6.45) is 3.07. The molecule has 0 amide bonds. The lowest BCUT2D eigenvalue weighted by Crippen LogP contribution is -1.95. The molecule has 0 aromatic carbocycles. The normalized spacial score (nSPS) is 13.1. The van der Waals surface area contributed by atoms with Crippen molar-refractivity contribution in [2.24, 2.45) is 0 Å². The molecule has 3 heteroatoms. The summed E-state index contributed by atoms with van der Waals surface area (Å²) in [5.41, 5.74) is 0.709. The number of allylic oxidation sites excluding steroid dienone is 3. The van der Waals surface area contributed by atoms with Gasteiger partial charge in [0.15, 0.2) is 0 Å². The van der Waals surface area contributed by atoms with Gasteiger partial charge in [0.05, 0.1) is 7.11 Å². The Kier molecular flexibility index (Phi) is 4.62. The second-order valence-corrected chi connectivity index (χ2v) is 2.39. The molecule has 0 aliphatic heterocycles. The molecule has 0 atom stereocenters. The molecule has 0 rings (SSSR count). The molecule has 0 heterocycles. The van der Waals surface area contributed by atoms with Gasteiger partial charge in [0.1, 0.15) is 0 Å². The number of ether oxygens (including phenoxy) is 1. The summed E-state index contributed by atoms with van der Waals surface area (Å²) < 4.78 is 4.41. The van der Waals surface area contributed by atoms with Gasteiger partial charge in [-0.1, -0.05) is 17.7 Å². The van der Waals surface area contributed by atoms with Gasteiger partial charge in [-0.2, -0.15) is 0 Å². The molecule has 0 aromatic heterocycles. The number of carbonyl (C=O) groups excluding carboxylic acids is 1. The Labute approximate surface area is 71.5 Å². The number of hydrogen-bond donors (Lipinski definition) is 0. The van der Waals surface area contributed by atoms with E-state index in [9.17, 15) is 4.79 Å². The molecule has 0 radical (unpaired) electrons. The highest BCUT2D eigenvalue weighted by atomic mass is 35.5. The monoisotopic (exact) mass is 174 g/mol. The molecule has 0 saturated heterocycles. The minimum atomic E-state index is -0.387. The minimum absolute atomic E-state index is 0.387. The van der Waals surface area contributed by atoms with Crippen LogP contribution in [0.2, 0.25) is 0 Å². The smallest absolute Gasteiger partial charge is 0.330 e. The summed E-state index contributed by atoms with van der Waals surface area (Å²) in [7, 11) is 1.33. The molecule has 0 N–H and O–H groups in total. The lowest BCUT2D eigenvalue weighted by atomic mass is 10.2. The van der Waals surface area contributed by atoms with Crippen LogP contribution in [-0.2, 0) is 9.53 Å². The van der Waals surface area contributed by atoms with Crippen molar-refractivity contribution in [3.05, 3.63) is 22.8 Å². The largest absolute Gasteiger partial charge is 0.466 e. The Hall–Kier alpha value is -0.760. The van der Waals surface area contributed by atoms with Crippen molar-refractivity contribution in [2.75, 3.05) is 7.11 Å². The van der Waals surface area contributed by atoms with Gasteiger partial charge in [0, 0.05) is 11.1 Å². The van der Waals surface area contributed by atoms with Gasteiger partial charge in [0.2, 0.25) is 0 Å². The Morgan fingerprint density at radius 1 is 1.55 bits per heavy atom. The van der Waals surface area contributed by atoms with Crippen molar-refractivity contribution in [3.8, 4) is 0 Å². The average molecular weight is 175 g/mol. The highest BCUT2D eigenvalue weighted by Gasteiger charge is 1.98. The fourth-order valence-electron chi connectivity index (χ4n) is 0.532. The predicted molar refractivity (Wildman–Crippen MR) is 45.4 cm³/mol. The fraction of sp³-hybridized carbons (Fsp3) is 0.375. The first-order chi connectivity index (χ1) is 5.11. The lowest BCUT2D eigenvalue weighted by Gasteiger charge is -1.96. The van der Waals surface area contributed by atoms with Crippen LogP contribution < -0.4 is 0 Å². The maximum atomic E-state index is 10.7. The highest BCUT2D eigenvalue weighted by Crippen LogP contribution is 2.12. The van der Waals surface area contributed by atoms with E-state index in [1.807, 2.05) is 0 Å². The average Bonchev–Trinajstić information content (AvgIpc) is 2.02. The Bertz CT molecular complexity index is 204. The van der Waals surface area contributed by atoms with Crippen LogP contribution in [0, 0.1) is 0 Å². The summed E-state index contributed by atoms with van der Waals surface area (Å²) in [5, 5.41) is 0.565. The van der Waals surface area contributed by atoms with E-state index in [2.05, 4.69) is 4.74 Å². The highest BCUT2D eigenvalue weighted by molar-refractivity contribution is 6.32. The SMILES string of the molecule is CC=C(Cl)/C(C)=C/C(=O)OC. The summed E-state index contributed by atoms with van der Waals surface area (Å²) >= 11 is 5.70. The van der Waals surface area contributed by atoms with Crippen LogP contribution in [0.15, 0.2) is 22.8 Å². The second-order valence-electron chi connectivity index (χ2n) is 1.99. The van der Waals surface area contributed by atoms with Crippen molar-refractivity contribution < 1.29 is 9.53 Å². The van der Waals surface area contributed by atoms with Gasteiger partial charge in [-0.3, -0.25) is 0 Å². The number of hydrogen-bond acceptors (Lipinski definition) is 2. The van der Waals surface area contributed by atoms with E-state index in [4.69, 9.17) is 11.6 Å². The van der Waals surface area contributed by atoms with Crippen LogP contribution in [0.25, 0.3) is 0 Å². The van der Waals surface area contributed by atoms with Crippen molar-refractivity contribution in [3.63, 3.8) is 0 Å². The maximum Gasteiger partial charge on any atom is 0.330 e. The van der Waals surface area contributed by atoms with Gasteiger partial charge in [0.25, 0.3) is 0 Å². The van der Waals surface area contributed by atoms with Gasteiger partial charge >= 0.3 is 5.97 Å². The topological polar surface area (TPSA) is 26.3 Å². The molecule has 0 unspecified atom stereocenters. The molecule has 2 nitrogen and oxygen atoms in total. The van der Waals surface area contributed by atoms with E-state index >= 15 is 0 Å². The Morgan fingerprint density at radius 3 is 2.45 bits per heavy atom. The summed E-state index contributed by atoms with van der Waals surface area (Å²) in [6.45, 7) is 3.55. The van der Waals surface area contributed by atoms with E-state index in [0.717, 1.165) is 0 Å². The van der Waals surface area contributed by atoms with Crippen LogP contribution in [0.4, 0.5) is 0 Å². The number of rotatable bonds is 2. The first-order valence-electron chi connectivity index (χ1n) is 3.20. The van der Waals surface area contributed by atoms with E-state index in [1.165, 1.54) is 13.2 Å². The molecule has 0 bridgehead atoms. The van der Waals surface area contributed by atoms with Crippen LogP contribution in [0.5, 0.6) is 0 Å². The number of methoxy groups -OCH3 is 1. The van der Waals surface area contributed by atoms with Crippen molar-refractivity contribution in [1.82, 2.24) is 0 Å². The third kappa shape index (κ3) is 3.83. The molecule has 11 heavy (non-hydrogen) atoms. The second kappa shape index (κ2) is 4.97. The minimum Gasteiger partial charge on any atom is -0.466 e. The lowest BCUT2D eigenvalue weighted by molar-refractivity contribution is -0.134. The van der Waals surface area contributed by atoms with Crippen LogP contribution >= 0.6 is 11.6 Å². The van der Waals surface area contributed by atoms with E-state index in [-0.39, 0.29) is 5.97 Å². The van der Waals surface area contributed by atoms with Crippen molar-refractivity contribution in [2.45, 2.75) is 13.8 Å². The first kappa shape index (κ1) is 10.2. The molecule has 62 valence electrons. The van der Waals surface area contributed by atoms with Gasteiger partial charge in [-0.05, 0) is 19.4 Å². The molecule has 0 saturated carbocycles. The summed E-state index contributed by atoms with van der Waals surface area (Å²) in [6, 6.07) is 0. The van der Waals surface area contributed by atoms with Gasteiger partial charge < -0.3 is 4.74 Å². The Balaban J connectivity index is 4.34. The molecule has 0 aliphatic carbocycles. The number of esters is 1. The molecular weight excluding hydrogens is 164 g/mol. The van der Waals surface area contributed by atoms with Crippen LogP contribution in [-0.4, -0.2) is 13.1 Å². The third-order valence-corrected chi connectivity index (χ3v) is 1.68. The van der Waals surface area contributed by atoms with Crippen LogP contribution in [0.1, 0.15) is 13.8 Å². The fourth-order valence-corrected chi connectivity index (χ4v) is 0.587. The van der Waals surface area contributed by atoms with Crippen molar-refractivity contribution >= 4 is 17.6 Å². The van der Waals surface area contributed by atoms with Crippen molar-refractivity contribution in [1.29, 1.82) is 0 Å². The Morgan fingerprint density at radius 2 is 2.09 bits per heavy atom. The molecular formula is C8H11ClO2. The molecule has 0 aliphatic rings. The zero-order valence-electron chi connectivity index (χ0n) is 6.85. The molecule has 0 spiro atoms. The molecule has 0 fully saturated rings. The third-order valence-electron chi connectivity index (χ3n) is 1.17. The molecule has 0 aromatic rings. The zero-order valence-corrected chi connectivity index (χ0v) is 7.61. The summed E-state index contributed by atoms with van der Waals surface area (Å²) in [5.74, 6) is -0.387. The van der Waals surface area contributed by atoms with E-state index < -0.39 is 0 Å². The van der Waals surface area contributed by atoms with Crippen LogP contribution in [0.3, 0.4) is 0 Å². The summed E-state index contributed by atoms with van der Waals surface area (Å²) in [4.78, 5) is 10.7. The van der Waals surface area contributed by atoms with Gasteiger partial charge in [-0.25, -0.2) is 4.79 Å². The van der Waals surface area contributed by atoms with Gasteiger partial charge in [-0.15, -0.1) is 0 Å². The first-order valence-corrected chi connectivity index (χ1v) is 3.58. The number of carbonyl (C=O) groups is 1. The predicted octanol–water partition coefficient (Wildman–Crippen LogP) is 2.25. The van der Waals surface area contributed by atoms with E-state index in [1.54, 1.807) is 19.9 Å². The standard InChI is InChI=1S/C8H11ClO2/c1-4-7(9)6(2)5-8(10)11-3/h4-5H,1-3H3/b6-5+,7-4?. The zero-order chi connectivity index (χ0) is 8.85.